The largest absolute Gasteiger partial charge is 0.493 e. The lowest BCUT2D eigenvalue weighted by Gasteiger charge is -2.37. The average Bonchev–Trinajstić information content (AvgIpc) is 2.95. The maximum Gasteiger partial charge on any atom is 0.315 e. The molecule has 0 N–H and O–H groups in total. The number of allylic oxidation sites excluding steroid dienone is 2. The number of esters is 1. The van der Waals surface area contributed by atoms with Crippen LogP contribution in [0.15, 0.2) is 51.1 Å². The van der Waals surface area contributed by atoms with E-state index in [2.05, 4.69) is 15.9 Å². The van der Waals surface area contributed by atoms with Gasteiger partial charge in [0, 0.05) is 29.3 Å². The molecule has 4 atom stereocenters. The number of nitrogens with zero attached hydrogens (tertiary/aromatic N) is 1. The quantitative estimate of drug-likeness (QED) is 0.268. The van der Waals surface area contributed by atoms with Gasteiger partial charge in [0.2, 0.25) is 0 Å². The van der Waals surface area contributed by atoms with E-state index < -0.39 is 17.8 Å². The Morgan fingerprint density at radius 1 is 1.00 bits per heavy atom. The van der Waals surface area contributed by atoms with Gasteiger partial charge < -0.3 is 23.7 Å². The number of carbonyl (C=O) groups excluding carboxylic acids is 2. The van der Waals surface area contributed by atoms with Gasteiger partial charge >= 0.3 is 5.97 Å². The molecule has 2 aliphatic rings. The fraction of sp³-hybridized carbons (Fsp3) is 0.469. The molecule has 2 aromatic carbocycles. The van der Waals surface area contributed by atoms with Gasteiger partial charge in [0.25, 0.3) is 0 Å². The Hall–Kier alpha value is -3.33. The molecule has 8 nitrogen and oxygen atoms in total. The highest BCUT2D eigenvalue weighted by atomic mass is 79.9. The third kappa shape index (κ3) is 6.15. The number of Topliss-reactive ketones (excluding diaryl/α,β-unsaturated/α-hetero) is 1. The van der Waals surface area contributed by atoms with Gasteiger partial charge in [-0.2, -0.15) is 0 Å². The van der Waals surface area contributed by atoms with Crippen molar-refractivity contribution in [3.05, 3.63) is 57.2 Å². The van der Waals surface area contributed by atoms with Gasteiger partial charge in [-0.3, -0.25) is 14.6 Å². The third-order valence-corrected chi connectivity index (χ3v) is 8.40. The minimum atomic E-state index is -0.751. The van der Waals surface area contributed by atoms with Crippen molar-refractivity contribution in [1.29, 1.82) is 0 Å². The van der Waals surface area contributed by atoms with Crippen LogP contribution in [0.5, 0.6) is 23.0 Å². The lowest BCUT2D eigenvalue weighted by atomic mass is 9.69. The summed E-state index contributed by atoms with van der Waals surface area (Å²) in [4.78, 5) is 32.6. The number of hydrogen-bond acceptors (Lipinski definition) is 8. The van der Waals surface area contributed by atoms with E-state index in [1.807, 2.05) is 58.0 Å². The Kier molecular flexibility index (Phi) is 9.79. The first kappa shape index (κ1) is 30.6. The Morgan fingerprint density at radius 2 is 1.71 bits per heavy atom. The predicted molar refractivity (Wildman–Crippen MR) is 161 cm³/mol. The number of hydrogen-bond donors (Lipinski definition) is 0. The van der Waals surface area contributed by atoms with E-state index in [4.69, 9.17) is 28.7 Å². The second kappa shape index (κ2) is 13.1. The summed E-state index contributed by atoms with van der Waals surface area (Å²) in [6, 6.07) is 9.49. The molecule has 0 bridgehead atoms. The maximum atomic E-state index is 14.0. The first-order valence-corrected chi connectivity index (χ1v) is 14.7. The molecule has 2 aromatic rings. The summed E-state index contributed by atoms with van der Waals surface area (Å²) >= 11 is 3.61. The molecular formula is C32H38BrNO7. The summed E-state index contributed by atoms with van der Waals surface area (Å²) in [5.74, 6) is 0.452. The Bertz CT molecular complexity index is 1380. The van der Waals surface area contributed by atoms with Crippen LogP contribution in [0.2, 0.25) is 0 Å². The van der Waals surface area contributed by atoms with Crippen LogP contribution in [0.4, 0.5) is 0 Å². The van der Waals surface area contributed by atoms with Crippen molar-refractivity contribution in [1.82, 2.24) is 0 Å². The highest BCUT2D eigenvalue weighted by Crippen LogP contribution is 2.50. The molecule has 0 saturated carbocycles. The molecular weight excluding hydrogens is 590 g/mol. The fourth-order valence-corrected chi connectivity index (χ4v) is 6.27. The summed E-state index contributed by atoms with van der Waals surface area (Å²) in [5, 5.41) is 0. The molecule has 1 heterocycles. The van der Waals surface area contributed by atoms with Crippen molar-refractivity contribution in [3.63, 3.8) is 0 Å². The second-order valence-electron chi connectivity index (χ2n) is 10.3. The topological polar surface area (TPSA) is 92.7 Å². The van der Waals surface area contributed by atoms with Gasteiger partial charge in [0.15, 0.2) is 28.8 Å². The number of halogens is 1. The Morgan fingerprint density at radius 3 is 2.34 bits per heavy atom. The van der Waals surface area contributed by atoms with Gasteiger partial charge in [0.1, 0.15) is 5.92 Å². The first-order chi connectivity index (χ1) is 19.7. The van der Waals surface area contributed by atoms with Gasteiger partial charge in [-0.15, -0.1) is 0 Å². The van der Waals surface area contributed by atoms with Crippen LogP contribution in [0.1, 0.15) is 69.9 Å². The highest BCUT2D eigenvalue weighted by molar-refractivity contribution is 9.10. The van der Waals surface area contributed by atoms with Crippen LogP contribution < -0.4 is 18.9 Å². The Balaban J connectivity index is 1.84. The van der Waals surface area contributed by atoms with E-state index in [1.165, 1.54) is 0 Å². The van der Waals surface area contributed by atoms with E-state index in [1.54, 1.807) is 21.3 Å². The zero-order chi connectivity index (χ0) is 29.8. The lowest BCUT2D eigenvalue weighted by molar-refractivity contribution is -0.151. The number of ether oxygens (including phenoxy) is 5. The number of carbonyl (C=O) groups is 2. The van der Waals surface area contributed by atoms with Crippen LogP contribution in [0, 0.1) is 5.92 Å². The van der Waals surface area contributed by atoms with E-state index >= 15 is 0 Å². The zero-order valence-electron chi connectivity index (χ0n) is 24.7. The van der Waals surface area contributed by atoms with Crippen molar-refractivity contribution in [3.8, 4) is 23.0 Å². The fourth-order valence-electron chi connectivity index (χ4n) is 5.65. The van der Waals surface area contributed by atoms with E-state index in [0.29, 0.717) is 63.9 Å². The van der Waals surface area contributed by atoms with Crippen LogP contribution in [0.3, 0.4) is 0 Å². The van der Waals surface area contributed by atoms with Crippen LogP contribution in [0.25, 0.3) is 0 Å². The molecule has 0 fully saturated rings. The van der Waals surface area contributed by atoms with Crippen molar-refractivity contribution in [2.24, 2.45) is 10.9 Å². The number of benzene rings is 2. The molecule has 220 valence electrons. The summed E-state index contributed by atoms with van der Waals surface area (Å²) in [7, 11) is 4.76. The van der Waals surface area contributed by atoms with Gasteiger partial charge in [-0.1, -0.05) is 13.0 Å². The predicted octanol–water partition coefficient (Wildman–Crippen LogP) is 6.79. The lowest BCUT2D eigenvalue weighted by Crippen LogP contribution is -2.39. The summed E-state index contributed by atoms with van der Waals surface area (Å²) in [6.45, 7) is 7.99. The average molecular weight is 629 g/mol. The molecule has 41 heavy (non-hydrogen) atoms. The summed E-state index contributed by atoms with van der Waals surface area (Å²) < 4.78 is 28.9. The maximum absolute atomic E-state index is 14.0. The second-order valence-corrected chi connectivity index (χ2v) is 11.2. The normalized spacial score (nSPS) is 21.0. The number of ketones is 1. The van der Waals surface area contributed by atoms with Crippen LogP contribution in [-0.2, 0) is 14.3 Å². The molecule has 0 radical (unpaired) electrons. The molecule has 4 rings (SSSR count). The van der Waals surface area contributed by atoms with Crippen molar-refractivity contribution in [2.75, 3.05) is 27.9 Å². The standard InChI is InChI=1S/C32H38BrNO7/c1-8-17(3)41-32(36)28-18(4)34-23-13-20(19-10-11-25(37-5)26(15-19)38-6)14-24(35)30(23)29(28)21-12-22(33)31(39-7)27(16-21)40-9-2/h10-12,15-17,20,28-29H,8-9,13-14H2,1-7H3/t17-,20+,28?,29+/m0/s1. The Labute approximate surface area is 250 Å². The molecule has 1 aliphatic heterocycles. The van der Waals surface area contributed by atoms with Gasteiger partial charge in [-0.05, 0) is 90.9 Å². The molecule has 0 amide bonds. The molecule has 0 spiro atoms. The van der Waals surface area contributed by atoms with Crippen molar-refractivity contribution >= 4 is 33.4 Å². The summed E-state index contributed by atoms with van der Waals surface area (Å²) in [5.41, 5.74) is 3.59. The summed E-state index contributed by atoms with van der Waals surface area (Å²) in [6.07, 6.45) is 1.25. The van der Waals surface area contributed by atoms with Crippen LogP contribution in [-0.4, -0.2) is 51.5 Å². The van der Waals surface area contributed by atoms with Crippen molar-refractivity contribution < 1.29 is 33.3 Å². The van der Waals surface area contributed by atoms with Crippen LogP contribution >= 0.6 is 15.9 Å². The first-order valence-electron chi connectivity index (χ1n) is 13.9. The highest BCUT2D eigenvalue weighted by Gasteiger charge is 2.45. The molecule has 0 aromatic heterocycles. The monoisotopic (exact) mass is 627 g/mol. The minimum absolute atomic E-state index is 0.0430. The molecule has 9 heteroatoms. The molecule has 1 aliphatic carbocycles. The number of aliphatic imine (C=N–C) groups is 1. The zero-order valence-corrected chi connectivity index (χ0v) is 26.3. The van der Waals surface area contributed by atoms with E-state index in [-0.39, 0.29) is 24.2 Å². The number of rotatable bonds is 10. The molecule has 0 saturated heterocycles. The minimum Gasteiger partial charge on any atom is -0.493 e. The van der Waals surface area contributed by atoms with Crippen molar-refractivity contribution in [2.45, 2.75) is 64.9 Å². The SMILES string of the molecule is CCOc1cc([C@H]2C3=C(C[C@@H](c4ccc(OC)c(OC)c4)CC3=O)N=C(C)C2C(=O)O[C@@H](C)CC)cc(Br)c1OC. The smallest absolute Gasteiger partial charge is 0.315 e. The van der Waals surface area contributed by atoms with Gasteiger partial charge in [0.05, 0.1) is 38.5 Å². The van der Waals surface area contributed by atoms with E-state index in [9.17, 15) is 9.59 Å². The van der Waals surface area contributed by atoms with Gasteiger partial charge in [-0.25, -0.2) is 0 Å². The van der Waals surface area contributed by atoms with E-state index in [0.717, 1.165) is 11.1 Å². The third-order valence-electron chi connectivity index (χ3n) is 7.81. The number of methoxy groups -OCH3 is 3. The molecule has 1 unspecified atom stereocenters.